The SMILES string of the molecule is CC(=O)c1ccc(CCCCOS(=O)(=O)c2ccc(C)cc2)cc1. The Hall–Kier alpha value is -1.98. The van der Waals surface area contributed by atoms with Crippen LogP contribution in [0.3, 0.4) is 0 Å². The van der Waals surface area contributed by atoms with Crippen LogP contribution in [0, 0.1) is 6.92 Å². The molecule has 2 aromatic carbocycles. The van der Waals surface area contributed by atoms with E-state index in [-0.39, 0.29) is 17.3 Å². The summed E-state index contributed by atoms with van der Waals surface area (Å²) in [6.45, 7) is 3.61. The number of Topliss-reactive ketones (excluding diaryl/α,β-unsaturated/α-hetero) is 1. The summed E-state index contributed by atoms with van der Waals surface area (Å²) in [6, 6.07) is 14.1. The average molecular weight is 346 g/mol. The predicted molar refractivity (Wildman–Crippen MR) is 93.7 cm³/mol. The Balaban J connectivity index is 1.76. The van der Waals surface area contributed by atoms with E-state index in [1.54, 1.807) is 31.2 Å². The second kappa shape index (κ2) is 8.22. The fourth-order valence-corrected chi connectivity index (χ4v) is 3.22. The van der Waals surface area contributed by atoms with Crippen molar-refractivity contribution in [2.75, 3.05) is 6.61 Å². The van der Waals surface area contributed by atoms with Crippen LogP contribution in [-0.4, -0.2) is 20.8 Å². The summed E-state index contributed by atoms with van der Waals surface area (Å²) in [4.78, 5) is 11.4. The van der Waals surface area contributed by atoms with Gasteiger partial charge in [-0.1, -0.05) is 42.0 Å². The number of aryl methyl sites for hydroxylation is 2. The Morgan fingerprint density at radius 1 is 0.958 bits per heavy atom. The zero-order valence-corrected chi connectivity index (χ0v) is 14.8. The summed E-state index contributed by atoms with van der Waals surface area (Å²) in [7, 11) is -3.67. The van der Waals surface area contributed by atoms with Crippen molar-refractivity contribution in [3.8, 4) is 0 Å². The third-order valence-electron chi connectivity index (χ3n) is 3.77. The Bertz CT molecular complexity index is 775. The van der Waals surface area contributed by atoms with Crippen molar-refractivity contribution in [3.63, 3.8) is 0 Å². The first kappa shape index (κ1) is 18.4. The molecule has 0 heterocycles. The minimum atomic E-state index is -3.67. The normalized spacial score (nSPS) is 11.4. The largest absolute Gasteiger partial charge is 0.296 e. The van der Waals surface area contributed by atoms with Crippen LogP contribution >= 0.6 is 0 Å². The van der Waals surface area contributed by atoms with E-state index in [0.29, 0.717) is 12.0 Å². The van der Waals surface area contributed by atoms with Crippen molar-refractivity contribution >= 4 is 15.9 Å². The van der Waals surface area contributed by atoms with Gasteiger partial charge >= 0.3 is 0 Å². The Morgan fingerprint density at radius 3 is 2.17 bits per heavy atom. The standard InChI is InChI=1S/C19H22O4S/c1-15-6-12-19(13-7-15)24(21,22)23-14-4-3-5-17-8-10-18(11-9-17)16(2)20/h6-13H,3-5,14H2,1-2H3. The van der Waals surface area contributed by atoms with Crippen molar-refractivity contribution < 1.29 is 17.4 Å². The highest BCUT2D eigenvalue weighted by atomic mass is 32.2. The molecule has 0 aliphatic rings. The lowest BCUT2D eigenvalue weighted by atomic mass is 10.0. The number of benzene rings is 2. The van der Waals surface area contributed by atoms with E-state index >= 15 is 0 Å². The van der Waals surface area contributed by atoms with Gasteiger partial charge in [0.2, 0.25) is 0 Å². The molecule has 0 amide bonds. The summed E-state index contributed by atoms with van der Waals surface area (Å²) < 4.78 is 29.1. The van der Waals surface area contributed by atoms with Gasteiger partial charge < -0.3 is 0 Å². The number of hydrogen-bond donors (Lipinski definition) is 0. The van der Waals surface area contributed by atoms with Gasteiger partial charge in [-0.25, -0.2) is 0 Å². The lowest BCUT2D eigenvalue weighted by Gasteiger charge is -2.06. The molecular weight excluding hydrogens is 324 g/mol. The van der Waals surface area contributed by atoms with Gasteiger partial charge in [-0.15, -0.1) is 0 Å². The van der Waals surface area contributed by atoms with Crippen LogP contribution in [0.2, 0.25) is 0 Å². The van der Waals surface area contributed by atoms with Gasteiger partial charge in [-0.05, 0) is 50.8 Å². The van der Waals surface area contributed by atoms with E-state index in [0.717, 1.165) is 24.0 Å². The molecule has 4 nitrogen and oxygen atoms in total. The van der Waals surface area contributed by atoms with Crippen molar-refractivity contribution in [2.24, 2.45) is 0 Å². The topological polar surface area (TPSA) is 60.4 Å². The highest BCUT2D eigenvalue weighted by Crippen LogP contribution is 2.14. The number of ketones is 1. The molecule has 128 valence electrons. The molecule has 0 unspecified atom stereocenters. The zero-order chi connectivity index (χ0) is 17.6. The smallest absolute Gasteiger partial charge is 0.295 e. The minimum absolute atomic E-state index is 0.0521. The quantitative estimate of drug-likeness (QED) is 0.413. The Morgan fingerprint density at radius 2 is 1.58 bits per heavy atom. The fraction of sp³-hybridized carbons (Fsp3) is 0.316. The fourth-order valence-electron chi connectivity index (χ4n) is 2.28. The van der Waals surface area contributed by atoms with Crippen molar-refractivity contribution in [1.82, 2.24) is 0 Å². The monoisotopic (exact) mass is 346 g/mol. The van der Waals surface area contributed by atoms with Gasteiger partial charge in [0.05, 0.1) is 11.5 Å². The van der Waals surface area contributed by atoms with Crippen LogP contribution in [0.5, 0.6) is 0 Å². The molecule has 0 aliphatic heterocycles. The molecular formula is C19H22O4S. The third kappa shape index (κ3) is 5.28. The summed E-state index contributed by atoms with van der Waals surface area (Å²) in [5, 5.41) is 0. The molecule has 0 aliphatic carbocycles. The van der Waals surface area contributed by atoms with Gasteiger partial charge in [0.25, 0.3) is 10.1 Å². The number of unbranched alkanes of at least 4 members (excludes halogenated alkanes) is 1. The maximum atomic E-state index is 12.0. The van der Waals surface area contributed by atoms with Gasteiger partial charge in [0.15, 0.2) is 5.78 Å². The maximum Gasteiger partial charge on any atom is 0.296 e. The highest BCUT2D eigenvalue weighted by molar-refractivity contribution is 7.86. The van der Waals surface area contributed by atoms with Crippen LogP contribution in [0.25, 0.3) is 0 Å². The summed E-state index contributed by atoms with van der Waals surface area (Å²) in [6.07, 6.45) is 2.30. The van der Waals surface area contributed by atoms with Crippen molar-refractivity contribution in [1.29, 1.82) is 0 Å². The molecule has 0 spiro atoms. The Labute approximate surface area is 143 Å². The molecule has 2 rings (SSSR count). The molecule has 0 saturated carbocycles. The van der Waals surface area contributed by atoms with Crippen LogP contribution in [0.1, 0.15) is 41.3 Å². The van der Waals surface area contributed by atoms with E-state index in [9.17, 15) is 13.2 Å². The first-order valence-electron chi connectivity index (χ1n) is 7.94. The van der Waals surface area contributed by atoms with Crippen molar-refractivity contribution in [2.45, 2.75) is 38.0 Å². The van der Waals surface area contributed by atoms with E-state index in [1.807, 2.05) is 31.2 Å². The molecule has 0 saturated heterocycles. The molecule has 5 heteroatoms. The summed E-state index contributed by atoms with van der Waals surface area (Å²) in [5.41, 5.74) is 2.83. The second-order valence-electron chi connectivity index (χ2n) is 5.80. The van der Waals surface area contributed by atoms with Gasteiger partial charge in [-0.2, -0.15) is 8.42 Å². The zero-order valence-electron chi connectivity index (χ0n) is 14.0. The maximum absolute atomic E-state index is 12.0. The number of carbonyl (C=O) groups excluding carboxylic acids is 1. The first-order valence-corrected chi connectivity index (χ1v) is 9.35. The number of hydrogen-bond acceptors (Lipinski definition) is 4. The molecule has 0 bridgehead atoms. The molecule has 0 N–H and O–H groups in total. The van der Waals surface area contributed by atoms with Crippen LogP contribution < -0.4 is 0 Å². The molecule has 2 aromatic rings. The van der Waals surface area contributed by atoms with E-state index < -0.39 is 10.1 Å². The van der Waals surface area contributed by atoms with Crippen LogP contribution in [-0.2, 0) is 20.7 Å². The lowest BCUT2D eigenvalue weighted by molar-refractivity contribution is 0.101. The van der Waals surface area contributed by atoms with E-state index in [1.165, 1.54) is 0 Å². The van der Waals surface area contributed by atoms with E-state index in [4.69, 9.17) is 4.18 Å². The van der Waals surface area contributed by atoms with Crippen molar-refractivity contribution in [3.05, 3.63) is 65.2 Å². The van der Waals surface area contributed by atoms with Gasteiger partial charge in [-0.3, -0.25) is 8.98 Å². The number of rotatable bonds is 8. The summed E-state index contributed by atoms with van der Waals surface area (Å²) >= 11 is 0. The summed E-state index contributed by atoms with van der Waals surface area (Å²) in [5.74, 6) is 0.0521. The van der Waals surface area contributed by atoms with Crippen LogP contribution in [0.4, 0.5) is 0 Å². The highest BCUT2D eigenvalue weighted by Gasteiger charge is 2.14. The van der Waals surface area contributed by atoms with Gasteiger partial charge in [0, 0.05) is 5.56 Å². The lowest BCUT2D eigenvalue weighted by Crippen LogP contribution is -2.07. The predicted octanol–water partition coefficient (Wildman–Crippen LogP) is 3.93. The molecule has 0 aromatic heterocycles. The van der Waals surface area contributed by atoms with E-state index in [2.05, 4.69) is 0 Å². The first-order chi connectivity index (χ1) is 11.4. The van der Waals surface area contributed by atoms with Gasteiger partial charge in [0.1, 0.15) is 0 Å². The second-order valence-corrected chi connectivity index (χ2v) is 7.41. The number of carbonyl (C=O) groups is 1. The van der Waals surface area contributed by atoms with Crippen LogP contribution in [0.15, 0.2) is 53.4 Å². The molecule has 0 fully saturated rings. The third-order valence-corrected chi connectivity index (χ3v) is 5.09. The molecule has 0 atom stereocenters. The Kier molecular flexibility index (Phi) is 6.29. The molecule has 0 radical (unpaired) electrons. The minimum Gasteiger partial charge on any atom is -0.295 e. The average Bonchev–Trinajstić information content (AvgIpc) is 2.55. The molecule has 24 heavy (non-hydrogen) atoms.